The van der Waals surface area contributed by atoms with Crippen molar-refractivity contribution in [2.75, 3.05) is 19.6 Å². The average Bonchev–Trinajstić information content (AvgIpc) is 2.53. The third-order valence-corrected chi connectivity index (χ3v) is 4.24. The molecule has 1 aromatic carbocycles. The van der Waals surface area contributed by atoms with Crippen molar-refractivity contribution in [3.05, 3.63) is 36.8 Å². The van der Waals surface area contributed by atoms with Crippen LogP contribution >= 0.6 is 0 Å². The van der Waals surface area contributed by atoms with Crippen LogP contribution in [0.2, 0.25) is 0 Å². The van der Waals surface area contributed by atoms with E-state index in [1.54, 1.807) is 0 Å². The summed E-state index contributed by atoms with van der Waals surface area (Å²) in [5.74, 6) is 0.520. The molecule has 129 valence electrons. The largest absolute Gasteiger partial charge is 0.490 e. The van der Waals surface area contributed by atoms with Crippen LogP contribution in [0.4, 0.5) is 13.2 Å². The predicted octanol–water partition coefficient (Wildman–Crippen LogP) is 4.94. The summed E-state index contributed by atoms with van der Waals surface area (Å²) in [4.78, 5) is 2.44. The van der Waals surface area contributed by atoms with Gasteiger partial charge in [-0.1, -0.05) is 26.2 Å². The first-order chi connectivity index (χ1) is 11.0. The molecule has 0 aromatic heterocycles. The van der Waals surface area contributed by atoms with Crippen LogP contribution in [0.15, 0.2) is 24.3 Å². The van der Waals surface area contributed by atoms with Crippen molar-refractivity contribution in [1.82, 2.24) is 4.90 Å². The monoisotopic (exact) mass is 328 g/mol. The highest BCUT2D eigenvalue weighted by molar-refractivity contribution is 5.29. The number of rotatable bonds is 7. The van der Waals surface area contributed by atoms with Gasteiger partial charge >= 0.3 is 6.18 Å². The minimum absolute atomic E-state index is 0.0998. The number of nitrogens with zero attached hydrogens (tertiary/aromatic N) is 1. The third kappa shape index (κ3) is 6.05. The van der Waals surface area contributed by atoms with Gasteiger partial charge in [0.15, 0.2) is 0 Å². The van der Waals surface area contributed by atoms with E-state index >= 15 is 0 Å². The normalized spacial score (nSPS) is 17.4. The number of ether oxygens (including phenoxy) is 1. The zero-order chi connectivity index (χ0) is 16.7. The number of likely N-dealkylation sites (tertiary alicyclic amines) is 1. The van der Waals surface area contributed by atoms with Gasteiger partial charge in [0.05, 0.1) is 5.56 Å². The summed E-state index contributed by atoms with van der Waals surface area (Å²) in [6.07, 6.45) is 2.29. The first-order valence-corrected chi connectivity index (χ1v) is 8.34. The van der Waals surface area contributed by atoms with Crippen molar-refractivity contribution in [2.24, 2.45) is 0 Å². The molecule has 0 spiro atoms. The topological polar surface area (TPSA) is 12.5 Å². The van der Waals surface area contributed by atoms with E-state index in [2.05, 4.69) is 11.8 Å². The van der Waals surface area contributed by atoms with Crippen LogP contribution in [0.25, 0.3) is 0 Å². The molecular formula is C18H25F3NO. The molecule has 2 nitrogen and oxygen atoms in total. The van der Waals surface area contributed by atoms with E-state index in [1.165, 1.54) is 31.4 Å². The summed E-state index contributed by atoms with van der Waals surface area (Å²) in [6.45, 7) is 6.96. The second kappa shape index (κ2) is 8.57. The Balaban J connectivity index is 1.72. The van der Waals surface area contributed by atoms with Crippen molar-refractivity contribution in [1.29, 1.82) is 0 Å². The lowest BCUT2D eigenvalue weighted by molar-refractivity contribution is -0.137. The van der Waals surface area contributed by atoms with Gasteiger partial charge in [-0.2, -0.15) is 13.2 Å². The summed E-state index contributed by atoms with van der Waals surface area (Å²) in [7, 11) is 0. The number of halogens is 3. The molecule has 1 heterocycles. The van der Waals surface area contributed by atoms with E-state index in [-0.39, 0.29) is 6.10 Å². The van der Waals surface area contributed by atoms with Gasteiger partial charge in [0.2, 0.25) is 0 Å². The first kappa shape index (κ1) is 18.1. The zero-order valence-corrected chi connectivity index (χ0v) is 13.4. The van der Waals surface area contributed by atoms with Crippen LogP contribution in [-0.2, 0) is 6.18 Å². The Morgan fingerprint density at radius 1 is 1.04 bits per heavy atom. The number of piperidine rings is 1. The maximum Gasteiger partial charge on any atom is 0.416 e. The molecule has 2 rings (SSSR count). The van der Waals surface area contributed by atoms with Crippen LogP contribution in [0, 0.1) is 6.92 Å². The minimum atomic E-state index is -4.29. The lowest BCUT2D eigenvalue weighted by Gasteiger charge is -2.32. The van der Waals surface area contributed by atoms with Crippen LogP contribution in [-0.4, -0.2) is 30.6 Å². The van der Waals surface area contributed by atoms with Crippen molar-refractivity contribution in [3.63, 3.8) is 0 Å². The van der Waals surface area contributed by atoms with E-state index in [0.29, 0.717) is 5.75 Å². The van der Waals surface area contributed by atoms with Crippen molar-refractivity contribution < 1.29 is 17.9 Å². The van der Waals surface area contributed by atoms with E-state index in [1.807, 2.05) is 0 Å². The minimum Gasteiger partial charge on any atom is -0.490 e. The smallest absolute Gasteiger partial charge is 0.416 e. The maximum atomic E-state index is 12.5. The summed E-state index contributed by atoms with van der Waals surface area (Å²) in [6, 6.07) is 4.97. The Hall–Kier alpha value is -1.23. The standard InChI is InChI=1S/C18H25F3NO/c1-2-3-4-5-12-22-13-10-17(11-14-22)23-16-8-6-15(7-9-16)18(19,20)21/h6-9,17H,1-5,10-14H2. The summed E-state index contributed by atoms with van der Waals surface area (Å²) in [5, 5.41) is 0. The van der Waals surface area contributed by atoms with E-state index < -0.39 is 11.7 Å². The van der Waals surface area contributed by atoms with Gasteiger partial charge in [-0.3, -0.25) is 0 Å². The Kier molecular flexibility index (Phi) is 6.75. The molecular weight excluding hydrogens is 303 g/mol. The number of unbranched alkanes of at least 4 members (excludes halogenated alkanes) is 3. The number of hydrogen-bond acceptors (Lipinski definition) is 2. The number of benzene rings is 1. The Labute approximate surface area is 136 Å². The summed E-state index contributed by atoms with van der Waals surface area (Å²) < 4.78 is 43.4. The highest BCUT2D eigenvalue weighted by Gasteiger charge is 2.30. The van der Waals surface area contributed by atoms with Crippen molar-refractivity contribution >= 4 is 0 Å². The van der Waals surface area contributed by atoms with Crippen LogP contribution in [0.1, 0.15) is 44.1 Å². The van der Waals surface area contributed by atoms with Gasteiger partial charge in [0.25, 0.3) is 0 Å². The van der Waals surface area contributed by atoms with Gasteiger partial charge in [-0.15, -0.1) is 0 Å². The van der Waals surface area contributed by atoms with Gasteiger partial charge < -0.3 is 9.64 Å². The molecule has 0 saturated carbocycles. The highest BCUT2D eigenvalue weighted by Crippen LogP contribution is 2.30. The molecule has 1 aliphatic heterocycles. The number of alkyl halides is 3. The van der Waals surface area contributed by atoms with Crippen molar-refractivity contribution in [3.8, 4) is 5.75 Å². The molecule has 1 fully saturated rings. The Bertz CT molecular complexity index is 450. The second-order valence-corrected chi connectivity index (χ2v) is 6.10. The molecule has 23 heavy (non-hydrogen) atoms. The van der Waals surface area contributed by atoms with E-state index in [9.17, 15) is 13.2 Å². The molecule has 5 heteroatoms. The number of hydrogen-bond donors (Lipinski definition) is 0. The molecule has 0 N–H and O–H groups in total. The fraction of sp³-hybridized carbons (Fsp3) is 0.611. The lowest BCUT2D eigenvalue weighted by atomic mass is 10.1. The van der Waals surface area contributed by atoms with Crippen LogP contribution in [0.5, 0.6) is 5.75 Å². The molecule has 1 radical (unpaired) electrons. The predicted molar refractivity (Wildman–Crippen MR) is 85.4 cm³/mol. The highest BCUT2D eigenvalue weighted by atomic mass is 19.4. The van der Waals surface area contributed by atoms with Crippen LogP contribution < -0.4 is 4.74 Å². The fourth-order valence-electron chi connectivity index (χ4n) is 2.85. The van der Waals surface area contributed by atoms with Gasteiger partial charge in [0, 0.05) is 13.1 Å². The SMILES string of the molecule is [CH2]CCCCCN1CCC(Oc2ccc(C(F)(F)F)cc2)CC1. The Morgan fingerprint density at radius 3 is 2.26 bits per heavy atom. The van der Waals surface area contributed by atoms with Gasteiger partial charge in [-0.05, 0) is 50.1 Å². The molecule has 0 atom stereocenters. The first-order valence-electron chi connectivity index (χ1n) is 8.34. The Morgan fingerprint density at radius 2 is 1.70 bits per heavy atom. The molecule has 0 bridgehead atoms. The van der Waals surface area contributed by atoms with Gasteiger partial charge in [-0.25, -0.2) is 0 Å². The fourth-order valence-corrected chi connectivity index (χ4v) is 2.85. The summed E-state index contributed by atoms with van der Waals surface area (Å²) >= 11 is 0. The summed E-state index contributed by atoms with van der Waals surface area (Å²) in [5.41, 5.74) is -0.637. The van der Waals surface area contributed by atoms with E-state index in [0.717, 1.165) is 51.0 Å². The molecule has 0 aliphatic carbocycles. The van der Waals surface area contributed by atoms with Crippen LogP contribution in [0.3, 0.4) is 0 Å². The molecule has 0 unspecified atom stereocenters. The quantitative estimate of drug-likeness (QED) is 0.657. The second-order valence-electron chi connectivity index (χ2n) is 6.10. The molecule has 0 amide bonds. The van der Waals surface area contributed by atoms with E-state index in [4.69, 9.17) is 4.74 Å². The zero-order valence-electron chi connectivity index (χ0n) is 13.4. The lowest BCUT2D eigenvalue weighted by Crippen LogP contribution is -2.38. The van der Waals surface area contributed by atoms with Crippen molar-refractivity contribution in [2.45, 2.75) is 50.8 Å². The average molecular weight is 328 g/mol. The molecule has 1 aromatic rings. The third-order valence-electron chi connectivity index (χ3n) is 4.24. The van der Waals surface area contributed by atoms with Gasteiger partial charge in [0.1, 0.15) is 11.9 Å². The maximum absolute atomic E-state index is 12.5. The molecule has 1 saturated heterocycles. The molecule has 1 aliphatic rings.